The van der Waals surface area contributed by atoms with E-state index in [1.165, 1.54) is 5.56 Å². The van der Waals surface area contributed by atoms with Crippen LogP contribution in [0.25, 0.3) is 5.65 Å². The third-order valence-corrected chi connectivity index (χ3v) is 4.76. The second-order valence-electron chi connectivity index (χ2n) is 6.48. The van der Waals surface area contributed by atoms with E-state index in [4.69, 9.17) is 0 Å². The van der Waals surface area contributed by atoms with Gasteiger partial charge in [-0.05, 0) is 43.6 Å². The van der Waals surface area contributed by atoms with E-state index in [1.54, 1.807) is 4.40 Å². The number of fused-ring (bicyclic) bond motifs is 1. The van der Waals surface area contributed by atoms with Crippen LogP contribution in [0.2, 0.25) is 0 Å². The molecule has 0 bridgehead atoms. The zero-order chi connectivity index (χ0) is 17.1. The number of pyridine rings is 1. The number of anilines is 1. The van der Waals surface area contributed by atoms with Crippen LogP contribution in [0.15, 0.2) is 54.7 Å². The Morgan fingerprint density at radius 2 is 1.80 bits per heavy atom. The van der Waals surface area contributed by atoms with Crippen LogP contribution in [0.3, 0.4) is 0 Å². The van der Waals surface area contributed by atoms with E-state index in [0.29, 0.717) is 5.95 Å². The van der Waals surface area contributed by atoms with Crippen LogP contribution in [-0.4, -0.2) is 38.5 Å². The summed E-state index contributed by atoms with van der Waals surface area (Å²) in [6.07, 6.45) is 3.60. The number of rotatable bonds is 4. The number of carbonyl (C=O) groups is 1. The molecule has 1 aliphatic heterocycles. The van der Waals surface area contributed by atoms with Crippen molar-refractivity contribution >= 4 is 17.5 Å². The Morgan fingerprint density at radius 1 is 1.04 bits per heavy atom. The Hall–Kier alpha value is -2.73. The Balaban J connectivity index is 1.33. The highest BCUT2D eigenvalue weighted by Gasteiger charge is 2.25. The van der Waals surface area contributed by atoms with Crippen LogP contribution in [0.1, 0.15) is 18.4 Å². The van der Waals surface area contributed by atoms with Gasteiger partial charge in [0.1, 0.15) is 0 Å². The number of hydrogen-bond donors (Lipinski definition) is 1. The predicted octanol–water partition coefficient (Wildman–Crippen LogP) is 2.58. The fourth-order valence-corrected chi connectivity index (χ4v) is 3.33. The molecule has 0 spiro atoms. The molecule has 6 nitrogen and oxygen atoms in total. The van der Waals surface area contributed by atoms with Crippen molar-refractivity contribution in [2.75, 3.05) is 18.4 Å². The number of nitrogens with zero attached hydrogens (tertiary/aromatic N) is 4. The number of carbonyl (C=O) groups excluding carboxylic acids is 1. The number of piperidine rings is 1. The van der Waals surface area contributed by atoms with E-state index < -0.39 is 0 Å². The number of likely N-dealkylation sites (tertiary alicyclic amines) is 1. The molecular formula is C19H21N5O. The lowest BCUT2D eigenvalue weighted by molar-refractivity contribution is -0.121. The second kappa shape index (κ2) is 7.03. The van der Waals surface area contributed by atoms with E-state index in [9.17, 15) is 4.79 Å². The first-order chi connectivity index (χ1) is 12.3. The largest absolute Gasteiger partial charge is 0.299 e. The number of aromatic nitrogens is 3. The fraction of sp³-hybridized carbons (Fsp3) is 0.316. The van der Waals surface area contributed by atoms with Crippen LogP contribution < -0.4 is 5.32 Å². The molecule has 1 saturated heterocycles. The van der Waals surface area contributed by atoms with Gasteiger partial charge in [0.15, 0.2) is 5.65 Å². The second-order valence-corrected chi connectivity index (χ2v) is 6.48. The van der Waals surface area contributed by atoms with Crippen molar-refractivity contribution in [1.29, 1.82) is 0 Å². The Bertz CT molecular complexity index is 852. The third-order valence-electron chi connectivity index (χ3n) is 4.76. The van der Waals surface area contributed by atoms with Gasteiger partial charge < -0.3 is 0 Å². The summed E-state index contributed by atoms with van der Waals surface area (Å²) in [5.74, 6) is 0.563. The molecule has 1 fully saturated rings. The van der Waals surface area contributed by atoms with Gasteiger partial charge in [-0.3, -0.25) is 19.4 Å². The smallest absolute Gasteiger partial charge is 0.235 e. The van der Waals surface area contributed by atoms with E-state index in [2.05, 4.69) is 44.7 Å². The molecule has 0 aliphatic carbocycles. The maximum atomic E-state index is 12.6. The van der Waals surface area contributed by atoms with Crippen LogP contribution in [0.4, 0.5) is 5.95 Å². The molecule has 1 amide bonds. The molecule has 3 aromatic rings. The number of hydrogen-bond acceptors (Lipinski definition) is 4. The van der Waals surface area contributed by atoms with Crippen molar-refractivity contribution in [1.82, 2.24) is 19.5 Å². The van der Waals surface area contributed by atoms with Gasteiger partial charge in [0, 0.05) is 18.7 Å². The Labute approximate surface area is 146 Å². The van der Waals surface area contributed by atoms with Gasteiger partial charge in [0.05, 0.1) is 0 Å². The Morgan fingerprint density at radius 3 is 2.60 bits per heavy atom. The van der Waals surface area contributed by atoms with Gasteiger partial charge in [-0.1, -0.05) is 36.4 Å². The standard InChI is InChI=1S/C19H21N5O/c25-18(20-19-22-21-17-8-4-5-11-24(17)19)16-9-12-23(13-10-16)14-15-6-2-1-3-7-15/h1-8,11,16H,9-10,12-14H2,(H,20,22,25). The van der Waals surface area contributed by atoms with Gasteiger partial charge in [-0.15, -0.1) is 10.2 Å². The lowest BCUT2D eigenvalue weighted by atomic mass is 9.95. The highest BCUT2D eigenvalue weighted by atomic mass is 16.2. The number of amides is 1. The molecule has 1 aliphatic rings. The van der Waals surface area contributed by atoms with Crippen molar-refractivity contribution in [3.8, 4) is 0 Å². The lowest BCUT2D eigenvalue weighted by Crippen LogP contribution is -2.38. The lowest BCUT2D eigenvalue weighted by Gasteiger charge is -2.31. The van der Waals surface area contributed by atoms with Crippen LogP contribution in [0, 0.1) is 5.92 Å². The topological polar surface area (TPSA) is 62.5 Å². The SMILES string of the molecule is O=C(Nc1nnc2ccccn12)C1CCN(Cc2ccccc2)CC1. The monoisotopic (exact) mass is 335 g/mol. The molecule has 25 heavy (non-hydrogen) atoms. The zero-order valence-corrected chi connectivity index (χ0v) is 14.0. The molecule has 1 N–H and O–H groups in total. The van der Waals surface area contributed by atoms with Crippen molar-refractivity contribution in [2.24, 2.45) is 5.92 Å². The zero-order valence-electron chi connectivity index (χ0n) is 14.0. The number of nitrogens with one attached hydrogen (secondary N) is 1. The molecule has 0 atom stereocenters. The average Bonchev–Trinajstić information content (AvgIpc) is 3.06. The first kappa shape index (κ1) is 15.8. The normalized spacial score (nSPS) is 16.2. The maximum absolute atomic E-state index is 12.6. The highest BCUT2D eigenvalue weighted by molar-refractivity contribution is 5.91. The Kier molecular flexibility index (Phi) is 4.43. The minimum absolute atomic E-state index is 0.0306. The molecule has 6 heteroatoms. The van der Waals surface area contributed by atoms with E-state index in [0.717, 1.165) is 38.1 Å². The third kappa shape index (κ3) is 3.53. The summed E-state index contributed by atoms with van der Waals surface area (Å²) in [5.41, 5.74) is 2.05. The van der Waals surface area contributed by atoms with Crippen LogP contribution in [-0.2, 0) is 11.3 Å². The predicted molar refractivity (Wildman–Crippen MR) is 96.1 cm³/mol. The molecule has 128 valence electrons. The minimum atomic E-state index is 0.0306. The average molecular weight is 335 g/mol. The molecule has 0 saturated carbocycles. The van der Waals surface area contributed by atoms with Crippen molar-refractivity contribution in [2.45, 2.75) is 19.4 Å². The van der Waals surface area contributed by atoms with Gasteiger partial charge in [0.2, 0.25) is 11.9 Å². The van der Waals surface area contributed by atoms with Crippen LogP contribution in [0.5, 0.6) is 0 Å². The number of benzene rings is 1. The van der Waals surface area contributed by atoms with E-state index in [1.807, 2.05) is 30.5 Å². The quantitative estimate of drug-likeness (QED) is 0.796. The van der Waals surface area contributed by atoms with Gasteiger partial charge in [-0.2, -0.15) is 0 Å². The highest BCUT2D eigenvalue weighted by Crippen LogP contribution is 2.20. The summed E-state index contributed by atoms with van der Waals surface area (Å²) in [5, 5.41) is 11.1. The van der Waals surface area contributed by atoms with Crippen molar-refractivity contribution in [3.63, 3.8) is 0 Å². The van der Waals surface area contributed by atoms with E-state index in [-0.39, 0.29) is 11.8 Å². The fourth-order valence-electron chi connectivity index (χ4n) is 3.33. The first-order valence-electron chi connectivity index (χ1n) is 8.66. The van der Waals surface area contributed by atoms with Gasteiger partial charge in [-0.25, -0.2) is 0 Å². The van der Waals surface area contributed by atoms with Gasteiger partial charge in [0.25, 0.3) is 0 Å². The molecule has 3 heterocycles. The summed E-state index contributed by atoms with van der Waals surface area (Å²) in [6.45, 7) is 2.82. The molecule has 0 radical (unpaired) electrons. The summed E-state index contributed by atoms with van der Waals surface area (Å²) in [6, 6.07) is 16.1. The summed E-state index contributed by atoms with van der Waals surface area (Å²) >= 11 is 0. The summed E-state index contributed by atoms with van der Waals surface area (Å²) < 4.78 is 1.79. The molecule has 2 aromatic heterocycles. The molecule has 1 aromatic carbocycles. The molecule has 0 unspecified atom stereocenters. The molecular weight excluding hydrogens is 314 g/mol. The first-order valence-corrected chi connectivity index (χ1v) is 8.66. The summed E-state index contributed by atoms with van der Waals surface area (Å²) in [7, 11) is 0. The van der Waals surface area contributed by atoms with Gasteiger partial charge >= 0.3 is 0 Å². The van der Waals surface area contributed by atoms with Crippen LogP contribution >= 0.6 is 0 Å². The van der Waals surface area contributed by atoms with Crippen molar-refractivity contribution in [3.05, 3.63) is 60.3 Å². The minimum Gasteiger partial charge on any atom is -0.299 e. The molecule has 4 rings (SSSR count). The van der Waals surface area contributed by atoms with E-state index >= 15 is 0 Å². The maximum Gasteiger partial charge on any atom is 0.235 e. The summed E-state index contributed by atoms with van der Waals surface area (Å²) in [4.78, 5) is 15.0. The van der Waals surface area contributed by atoms with Crippen molar-refractivity contribution < 1.29 is 4.79 Å².